The summed E-state index contributed by atoms with van der Waals surface area (Å²) in [6, 6.07) is 23.4. The molecule has 0 bridgehead atoms. The second-order valence-corrected chi connectivity index (χ2v) is 11.5. The smallest absolute Gasteiger partial charge is 0.229 e. The molecule has 5 rings (SSSR count). The van der Waals surface area contributed by atoms with Gasteiger partial charge in [-0.15, -0.1) is 0 Å². The molecular formula is C28H29N5O2S2. The molecule has 1 aliphatic heterocycles. The van der Waals surface area contributed by atoms with Gasteiger partial charge in [0.2, 0.25) is 10.0 Å². The molecule has 4 aromatic rings. The summed E-state index contributed by atoms with van der Waals surface area (Å²) in [6.07, 6.45) is 2.93. The van der Waals surface area contributed by atoms with Crippen molar-refractivity contribution in [3.8, 4) is 5.69 Å². The van der Waals surface area contributed by atoms with Gasteiger partial charge in [0.1, 0.15) is 0 Å². The third kappa shape index (κ3) is 4.84. The fraction of sp³-hybridized carbons (Fsp3) is 0.214. The van der Waals surface area contributed by atoms with Crippen molar-refractivity contribution in [2.45, 2.75) is 32.9 Å². The van der Waals surface area contributed by atoms with E-state index >= 15 is 0 Å². The molecule has 1 fully saturated rings. The highest BCUT2D eigenvalue weighted by Crippen LogP contribution is 2.44. The first-order valence-corrected chi connectivity index (χ1v) is 14.3. The highest BCUT2D eigenvalue weighted by atomic mass is 32.2. The molecule has 1 aliphatic rings. The first kappa shape index (κ1) is 25.0. The maximum Gasteiger partial charge on any atom is 0.229 e. The van der Waals surface area contributed by atoms with Crippen LogP contribution < -0.4 is 14.9 Å². The van der Waals surface area contributed by atoms with Gasteiger partial charge in [0.05, 0.1) is 24.0 Å². The van der Waals surface area contributed by atoms with Crippen LogP contribution in [0.25, 0.3) is 5.69 Å². The van der Waals surface area contributed by atoms with Gasteiger partial charge in [0.15, 0.2) is 5.11 Å². The highest BCUT2D eigenvalue weighted by Gasteiger charge is 2.42. The molecule has 0 unspecified atom stereocenters. The standard InChI is InChI=1S/C28H29N5O2S2/c1-18-9-5-6-11-25(18)32-19(2)17-23(20(32)3)27-26(24-10-7-8-16-29-24)30-28(36)33(27)22-14-12-21(13-15-22)31-37(4,34)35/h5-17,26-27,31H,1-4H3,(H,30,36)/t26-,27-/m1/s1. The first-order chi connectivity index (χ1) is 17.6. The first-order valence-electron chi connectivity index (χ1n) is 12.0. The number of sulfonamides is 1. The fourth-order valence-corrected chi connectivity index (χ4v) is 6.04. The van der Waals surface area contributed by atoms with Crippen LogP contribution in [-0.2, 0) is 10.0 Å². The summed E-state index contributed by atoms with van der Waals surface area (Å²) in [4.78, 5) is 6.75. The van der Waals surface area contributed by atoms with Crippen molar-refractivity contribution < 1.29 is 8.42 Å². The van der Waals surface area contributed by atoms with Crippen LogP contribution in [0.5, 0.6) is 0 Å². The molecule has 3 heterocycles. The van der Waals surface area contributed by atoms with Crippen LogP contribution in [0.2, 0.25) is 0 Å². The lowest BCUT2D eigenvalue weighted by Gasteiger charge is -2.28. The van der Waals surface area contributed by atoms with Crippen LogP contribution in [0.1, 0.15) is 40.3 Å². The van der Waals surface area contributed by atoms with Crippen molar-refractivity contribution in [1.82, 2.24) is 14.9 Å². The number of benzene rings is 2. The molecule has 0 spiro atoms. The van der Waals surface area contributed by atoms with Crippen LogP contribution >= 0.6 is 12.2 Å². The normalized spacial score (nSPS) is 17.6. The van der Waals surface area contributed by atoms with Crippen molar-refractivity contribution in [3.05, 3.63) is 107 Å². The maximum atomic E-state index is 11.7. The molecule has 0 radical (unpaired) electrons. The minimum absolute atomic E-state index is 0.167. The van der Waals surface area contributed by atoms with Crippen molar-refractivity contribution in [1.29, 1.82) is 0 Å². The van der Waals surface area contributed by atoms with Gasteiger partial charge in [0.25, 0.3) is 0 Å². The molecule has 0 saturated carbocycles. The number of hydrogen-bond acceptors (Lipinski definition) is 4. The lowest BCUT2D eigenvalue weighted by atomic mass is 9.96. The summed E-state index contributed by atoms with van der Waals surface area (Å²) >= 11 is 5.86. The van der Waals surface area contributed by atoms with Crippen LogP contribution in [0, 0.1) is 20.8 Å². The monoisotopic (exact) mass is 531 g/mol. The van der Waals surface area contributed by atoms with E-state index in [-0.39, 0.29) is 12.1 Å². The van der Waals surface area contributed by atoms with Crippen molar-refractivity contribution in [3.63, 3.8) is 0 Å². The van der Waals surface area contributed by atoms with Crippen LogP contribution in [0.4, 0.5) is 11.4 Å². The van der Waals surface area contributed by atoms with Gasteiger partial charge in [-0.25, -0.2) is 8.42 Å². The van der Waals surface area contributed by atoms with E-state index in [9.17, 15) is 8.42 Å². The van der Waals surface area contributed by atoms with Crippen molar-refractivity contribution in [2.24, 2.45) is 0 Å². The number of anilines is 2. The number of nitrogens with one attached hydrogen (secondary N) is 2. The Morgan fingerprint density at radius 1 is 0.973 bits per heavy atom. The summed E-state index contributed by atoms with van der Waals surface area (Å²) in [5, 5.41) is 4.09. The van der Waals surface area contributed by atoms with Crippen molar-refractivity contribution >= 4 is 38.7 Å². The molecule has 2 aromatic carbocycles. The third-order valence-electron chi connectivity index (χ3n) is 6.69. The average Bonchev–Trinajstić information content (AvgIpc) is 3.35. The van der Waals surface area contributed by atoms with E-state index in [1.54, 1.807) is 18.3 Å². The summed E-state index contributed by atoms with van der Waals surface area (Å²) in [5.74, 6) is 0. The molecule has 190 valence electrons. The number of pyridine rings is 1. The second-order valence-electron chi connectivity index (χ2n) is 9.37. The lowest BCUT2D eigenvalue weighted by Crippen LogP contribution is -2.29. The Morgan fingerprint density at radius 2 is 1.68 bits per heavy atom. The molecule has 2 atom stereocenters. The predicted octanol–water partition coefficient (Wildman–Crippen LogP) is 5.35. The van der Waals surface area contributed by atoms with Gasteiger partial charge in [0, 0.05) is 34.6 Å². The van der Waals surface area contributed by atoms with Gasteiger partial charge < -0.3 is 14.8 Å². The third-order valence-corrected chi connectivity index (χ3v) is 7.61. The minimum atomic E-state index is -3.37. The zero-order valence-electron chi connectivity index (χ0n) is 21.1. The summed E-state index contributed by atoms with van der Waals surface area (Å²) in [6.45, 7) is 6.38. The second kappa shape index (κ2) is 9.64. The number of aromatic nitrogens is 2. The molecule has 2 N–H and O–H groups in total. The van der Waals surface area contributed by atoms with E-state index < -0.39 is 10.0 Å². The van der Waals surface area contributed by atoms with Crippen LogP contribution in [0.15, 0.2) is 79.0 Å². The predicted molar refractivity (Wildman–Crippen MR) is 153 cm³/mol. The molecule has 0 amide bonds. The number of nitrogens with zero attached hydrogens (tertiary/aromatic N) is 3. The van der Waals surface area contributed by atoms with E-state index in [0.29, 0.717) is 10.8 Å². The Kier molecular flexibility index (Phi) is 6.51. The zero-order valence-corrected chi connectivity index (χ0v) is 22.8. The number of rotatable bonds is 6. The Morgan fingerprint density at radius 3 is 2.32 bits per heavy atom. The van der Waals surface area contributed by atoms with Crippen LogP contribution in [0.3, 0.4) is 0 Å². The average molecular weight is 532 g/mol. The molecular weight excluding hydrogens is 502 g/mol. The SMILES string of the molecule is Cc1ccccc1-n1c(C)cc([C@@H]2[C@@H](c3ccccn3)NC(=S)N2c2ccc(NS(C)(=O)=O)cc2)c1C. The molecule has 37 heavy (non-hydrogen) atoms. The number of thiocarbonyl (C=S) groups is 1. The quantitative estimate of drug-likeness (QED) is 0.327. The largest absolute Gasteiger partial charge is 0.351 e. The zero-order chi connectivity index (χ0) is 26.3. The molecule has 7 nitrogen and oxygen atoms in total. The van der Waals surface area contributed by atoms with E-state index in [1.807, 2.05) is 36.4 Å². The maximum absolute atomic E-state index is 11.7. The Bertz CT molecular complexity index is 1560. The summed E-state index contributed by atoms with van der Waals surface area (Å²) in [7, 11) is -3.37. The fourth-order valence-electron chi connectivity index (χ4n) is 5.13. The van der Waals surface area contributed by atoms with E-state index in [2.05, 4.69) is 69.5 Å². The van der Waals surface area contributed by atoms with E-state index in [0.717, 1.165) is 40.3 Å². The number of hydrogen-bond donors (Lipinski definition) is 2. The lowest BCUT2D eigenvalue weighted by molar-refractivity contribution is 0.565. The molecule has 1 saturated heterocycles. The Hall–Kier alpha value is -3.69. The van der Waals surface area contributed by atoms with E-state index in [4.69, 9.17) is 12.2 Å². The topological polar surface area (TPSA) is 79.3 Å². The van der Waals surface area contributed by atoms with Gasteiger partial charge >= 0.3 is 0 Å². The minimum Gasteiger partial charge on any atom is -0.351 e. The summed E-state index contributed by atoms with van der Waals surface area (Å²) in [5.41, 5.74) is 8.00. The Labute approximate surface area is 223 Å². The van der Waals surface area contributed by atoms with Gasteiger partial charge in [-0.1, -0.05) is 24.3 Å². The number of aryl methyl sites for hydroxylation is 2. The van der Waals surface area contributed by atoms with Gasteiger partial charge in [-0.2, -0.15) is 0 Å². The van der Waals surface area contributed by atoms with Gasteiger partial charge in [-0.3, -0.25) is 9.71 Å². The number of para-hydroxylation sites is 1. The molecule has 9 heteroatoms. The molecule has 2 aromatic heterocycles. The highest BCUT2D eigenvalue weighted by molar-refractivity contribution is 7.92. The van der Waals surface area contributed by atoms with E-state index in [1.165, 1.54) is 5.56 Å². The summed E-state index contributed by atoms with van der Waals surface area (Å²) < 4.78 is 28.2. The molecule has 0 aliphatic carbocycles. The van der Waals surface area contributed by atoms with Gasteiger partial charge in [-0.05, 0) is 92.6 Å². The van der Waals surface area contributed by atoms with Crippen LogP contribution in [-0.4, -0.2) is 29.3 Å². The van der Waals surface area contributed by atoms with Crippen molar-refractivity contribution in [2.75, 3.05) is 15.9 Å². The Balaban J connectivity index is 1.64.